The molecule has 24 heavy (non-hydrogen) atoms. The highest BCUT2D eigenvalue weighted by atomic mass is 16.5. The molecule has 6 heteroatoms. The standard InChI is InChI=1S/C18H26N2O4/c1-2-3-9-24-16-6-4-5-14(10-16)11-19-17(21)13-20-8-7-15(12-20)18(22)23/h4-6,10,15H,2-3,7-9,11-13H2,1H3,(H,19,21)(H,22,23). The van der Waals surface area contributed by atoms with Crippen LogP contribution in [0.15, 0.2) is 24.3 Å². The lowest BCUT2D eigenvalue weighted by Crippen LogP contribution is -2.36. The summed E-state index contributed by atoms with van der Waals surface area (Å²) in [5, 5.41) is 11.9. The van der Waals surface area contributed by atoms with Crippen LogP contribution in [0, 0.1) is 5.92 Å². The van der Waals surface area contributed by atoms with E-state index in [1.54, 1.807) is 0 Å². The molecule has 1 aromatic rings. The van der Waals surface area contributed by atoms with Gasteiger partial charge in [-0.05, 0) is 37.1 Å². The second kappa shape index (κ2) is 9.27. The highest BCUT2D eigenvalue weighted by molar-refractivity contribution is 5.78. The van der Waals surface area contributed by atoms with Crippen molar-refractivity contribution in [3.8, 4) is 5.75 Å². The number of amides is 1. The number of aliphatic carboxylic acids is 1. The Kier molecular flexibility index (Phi) is 7.06. The second-order valence-electron chi connectivity index (χ2n) is 6.19. The molecule has 1 saturated heterocycles. The van der Waals surface area contributed by atoms with Gasteiger partial charge in [0.05, 0.1) is 19.1 Å². The number of hydrogen-bond acceptors (Lipinski definition) is 4. The lowest BCUT2D eigenvalue weighted by molar-refractivity contribution is -0.141. The lowest BCUT2D eigenvalue weighted by atomic mass is 10.1. The van der Waals surface area contributed by atoms with Gasteiger partial charge in [0.15, 0.2) is 0 Å². The average Bonchev–Trinajstić information content (AvgIpc) is 3.02. The van der Waals surface area contributed by atoms with Gasteiger partial charge in [0.1, 0.15) is 5.75 Å². The van der Waals surface area contributed by atoms with Crippen molar-refractivity contribution in [3.63, 3.8) is 0 Å². The Balaban J connectivity index is 1.73. The number of nitrogens with one attached hydrogen (secondary N) is 1. The van der Waals surface area contributed by atoms with E-state index in [0.29, 0.717) is 32.7 Å². The van der Waals surface area contributed by atoms with Crippen LogP contribution in [0.3, 0.4) is 0 Å². The molecule has 2 rings (SSSR count). The zero-order chi connectivity index (χ0) is 17.4. The largest absolute Gasteiger partial charge is 0.494 e. The average molecular weight is 334 g/mol. The lowest BCUT2D eigenvalue weighted by Gasteiger charge is -2.15. The molecule has 1 fully saturated rings. The molecular formula is C18H26N2O4. The molecule has 1 amide bonds. The Morgan fingerprint density at radius 1 is 1.42 bits per heavy atom. The monoisotopic (exact) mass is 334 g/mol. The summed E-state index contributed by atoms with van der Waals surface area (Å²) in [6.07, 6.45) is 2.73. The van der Waals surface area contributed by atoms with Crippen LogP contribution in [-0.4, -0.2) is 48.1 Å². The van der Waals surface area contributed by atoms with Gasteiger partial charge in [-0.15, -0.1) is 0 Å². The Hall–Kier alpha value is -2.08. The van der Waals surface area contributed by atoms with Crippen molar-refractivity contribution in [3.05, 3.63) is 29.8 Å². The van der Waals surface area contributed by atoms with Crippen molar-refractivity contribution in [1.82, 2.24) is 10.2 Å². The van der Waals surface area contributed by atoms with E-state index in [2.05, 4.69) is 12.2 Å². The minimum atomic E-state index is -0.780. The Bertz CT molecular complexity index is 562. The molecule has 0 saturated carbocycles. The van der Waals surface area contributed by atoms with Crippen molar-refractivity contribution < 1.29 is 19.4 Å². The van der Waals surface area contributed by atoms with Gasteiger partial charge in [-0.2, -0.15) is 0 Å². The van der Waals surface area contributed by atoms with Crippen molar-refractivity contribution in [2.75, 3.05) is 26.2 Å². The fourth-order valence-corrected chi connectivity index (χ4v) is 2.72. The molecule has 1 heterocycles. The number of benzene rings is 1. The molecule has 0 aromatic heterocycles. The predicted octanol–water partition coefficient (Wildman–Crippen LogP) is 1.89. The molecule has 1 aliphatic heterocycles. The van der Waals surface area contributed by atoms with E-state index in [1.165, 1.54) is 0 Å². The molecule has 1 aliphatic rings. The number of nitrogens with zero attached hydrogens (tertiary/aromatic N) is 1. The maximum Gasteiger partial charge on any atom is 0.307 e. The van der Waals surface area contributed by atoms with Gasteiger partial charge in [-0.1, -0.05) is 25.5 Å². The van der Waals surface area contributed by atoms with E-state index >= 15 is 0 Å². The van der Waals surface area contributed by atoms with E-state index in [9.17, 15) is 9.59 Å². The quantitative estimate of drug-likeness (QED) is 0.674. The number of carboxylic acids is 1. The molecular weight excluding hydrogens is 308 g/mol. The third-order valence-corrected chi connectivity index (χ3v) is 4.14. The normalized spacial score (nSPS) is 17.6. The topological polar surface area (TPSA) is 78.9 Å². The molecule has 132 valence electrons. The maximum atomic E-state index is 12.0. The first-order valence-corrected chi connectivity index (χ1v) is 8.52. The first kappa shape index (κ1) is 18.3. The number of ether oxygens (including phenoxy) is 1. The second-order valence-corrected chi connectivity index (χ2v) is 6.19. The van der Waals surface area contributed by atoms with Crippen molar-refractivity contribution in [1.29, 1.82) is 0 Å². The summed E-state index contributed by atoms with van der Waals surface area (Å²) in [5.41, 5.74) is 0.988. The minimum Gasteiger partial charge on any atom is -0.494 e. The number of rotatable bonds is 9. The van der Waals surface area contributed by atoms with E-state index < -0.39 is 5.97 Å². The zero-order valence-electron chi connectivity index (χ0n) is 14.2. The number of unbranched alkanes of at least 4 members (excludes halogenated alkanes) is 1. The molecule has 2 N–H and O–H groups in total. The van der Waals surface area contributed by atoms with Crippen molar-refractivity contribution >= 4 is 11.9 Å². The third kappa shape index (κ3) is 5.85. The van der Waals surface area contributed by atoms with Crippen LogP contribution < -0.4 is 10.1 Å². The van der Waals surface area contributed by atoms with Crippen LogP contribution in [0.2, 0.25) is 0 Å². The number of hydrogen-bond donors (Lipinski definition) is 2. The van der Waals surface area contributed by atoms with E-state index in [-0.39, 0.29) is 18.4 Å². The first-order valence-electron chi connectivity index (χ1n) is 8.52. The number of carboxylic acid groups (broad SMARTS) is 1. The van der Waals surface area contributed by atoms with Crippen LogP contribution >= 0.6 is 0 Å². The zero-order valence-corrected chi connectivity index (χ0v) is 14.2. The maximum absolute atomic E-state index is 12.0. The molecule has 0 radical (unpaired) electrons. The summed E-state index contributed by atoms with van der Waals surface area (Å²) in [5.74, 6) is -0.398. The van der Waals surface area contributed by atoms with Crippen LogP contribution in [0.1, 0.15) is 31.7 Å². The summed E-state index contributed by atoms with van der Waals surface area (Å²) >= 11 is 0. The Labute approximate surface area is 142 Å². The van der Waals surface area contributed by atoms with Crippen LogP contribution in [0.5, 0.6) is 5.75 Å². The summed E-state index contributed by atoms with van der Waals surface area (Å²) in [4.78, 5) is 24.8. The van der Waals surface area contributed by atoms with Crippen LogP contribution in [-0.2, 0) is 16.1 Å². The molecule has 0 aliphatic carbocycles. The van der Waals surface area contributed by atoms with Crippen molar-refractivity contribution in [2.24, 2.45) is 5.92 Å². The Morgan fingerprint density at radius 2 is 2.25 bits per heavy atom. The molecule has 1 aromatic carbocycles. The minimum absolute atomic E-state index is 0.0849. The van der Waals surface area contributed by atoms with Gasteiger partial charge < -0.3 is 15.2 Å². The summed E-state index contributed by atoms with van der Waals surface area (Å²) in [6, 6.07) is 7.72. The third-order valence-electron chi connectivity index (χ3n) is 4.14. The first-order chi connectivity index (χ1) is 11.6. The fourth-order valence-electron chi connectivity index (χ4n) is 2.72. The van der Waals surface area contributed by atoms with Gasteiger partial charge in [-0.25, -0.2) is 0 Å². The van der Waals surface area contributed by atoms with E-state index in [4.69, 9.17) is 9.84 Å². The van der Waals surface area contributed by atoms with Gasteiger partial charge >= 0.3 is 5.97 Å². The smallest absolute Gasteiger partial charge is 0.307 e. The highest BCUT2D eigenvalue weighted by Gasteiger charge is 2.28. The number of carbonyl (C=O) groups excluding carboxylic acids is 1. The van der Waals surface area contributed by atoms with Crippen LogP contribution in [0.4, 0.5) is 0 Å². The van der Waals surface area contributed by atoms with E-state index in [1.807, 2.05) is 29.2 Å². The molecule has 1 unspecified atom stereocenters. The van der Waals surface area contributed by atoms with E-state index in [0.717, 1.165) is 24.2 Å². The molecule has 0 bridgehead atoms. The summed E-state index contributed by atoms with van der Waals surface area (Å²) < 4.78 is 5.66. The molecule has 0 spiro atoms. The van der Waals surface area contributed by atoms with Crippen LogP contribution in [0.25, 0.3) is 0 Å². The van der Waals surface area contributed by atoms with Gasteiger partial charge in [-0.3, -0.25) is 14.5 Å². The number of carbonyl (C=O) groups is 2. The van der Waals surface area contributed by atoms with Gasteiger partial charge in [0.2, 0.25) is 5.91 Å². The summed E-state index contributed by atoms with van der Waals surface area (Å²) in [7, 11) is 0. The predicted molar refractivity (Wildman–Crippen MR) is 90.9 cm³/mol. The SMILES string of the molecule is CCCCOc1cccc(CNC(=O)CN2CCC(C(=O)O)C2)c1. The molecule has 6 nitrogen and oxygen atoms in total. The van der Waals surface area contributed by atoms with Gasteiger partial charge in [0, 0.05) is 13.1 Å². The number of likely N-dealkylation sites (tertiary alicyclic amines) is 1. The van der Waals surface area contributed by atoms with Crippen molar-refractivity contribution in [2.45, 2.75) is 32.7 Å². The highest BCUT2D eigenvalue weighted by Crippen LogP contribution is 2.16. The fraction of sp³-hybridized carbons (Fsp3) is 0.556. The molecule has 1 atom stereocenters. The Morgan fingerprint density at radius 3 is 2.96 bits per heavy atom. The summed E-state index contributed by atoms with van der Waals surface area (Å²) in [6.45, 7) is 4.62. The van der Waals surface area contributed by atoms with Gasteiger partial charge in [0.25, 0.3) is 0 Å².